The standard InChI is InChI=1S/C20H30O6/c1-9-10-4-5-11-18-7-6-12(21)17(2,3)13(18)16(24)20(25,26-8-18)19(11,14(9)22)15(10)23/h10-16,21-25H,1,4-8H2,2-3H3/t10-,11-,12+,13+,14+,15+,16-,18+,19-,20+/m0/s1. The van der Waals surface area contributed by atoms with Gasteiger partial charge < -0.3 is 30.3 Å². The molecule has 146 valence electrons. The van der Waals surface area contributed by atoms with E-state index in [0.717, 1.165) is 6.42 Å². The molecule has 0 amide bonds. The average molecular weight is 366 g/mol. The van der Waals surface area contributed by atoms with Crippen molar-refractivity contribution in [2.75, 3.05) is 6.61 Å². The van der Waals surface area contributed by atoms with Gasteiger partial charge in [-0.05, 0) is 42.6 Å². The van der Waals surface area contributed by atoms with Gasteiger partial charge in [0.1, 0.15) is 6.10 Å². The van der Waals surface area contributed by atoms with Crippen LogP contribution in [0.15, 0.2) is 12.2 Å². The summed E-state index contributed by atoms with van der Waals surface area (Å²) in [4.78, 5) is 0. The Hall–Kier alpha value is -0.500. The molecule has 4 aliphatic carbocycles. The smallest absolute Gasteiger partial charge is 0.203 e. The average Bonchev–Trinajstić information content (AvgIpc) is 2.69. The normalized spacial score (nSPS) is 62.7. The van der Waals surface area contributed by atoms with Crippen molar-refractivity contribution < 1.29 is 30.3 Å². The predicted molar refractivity (Wildman–Crippen MR) is 91.7 cm³/mol. The molecule has 2 spiro atoms. The Labute approximate surface area is 153 Å². The van der Waals surface area contributed by atoms with Crippen LogP contribution in [0.2, 0.25) is 0 Å². The van der Waals surface area contributed by atoms with Crippen LogP contribution >= 0.6 is 0 Å². The van der Waals surface area contributed by atoms with E-state index in [4.69, 9.17) is 4.74 Å². The first-order valence-electron chi connectivity index (χ1n) is 9.84. The van der Waals surface area contributed by atoms with Crippen molar-refractivity contribution >= 4 is 0 Å². The summed E-state index contributed by atoms with van der Waals surface area (Å²) in [6.45, 7) is 8.16. The Bertz CT molecular complexity index is 673. The van der Waals surface area contributed by atoms with Gasteiger partial charge in [-0.1, -0.05) is 20.4 Å². The largest absolute Gasteiger partial charge is 0.393 e. The minimum atomic E-state index is -2.05. The lowest BCUT2D eigenvalue weighted by Crippen LogP contribution is -2.84. The molecule has 10 atom stereocenters. The van der Waals surface area contributed by atoms with E-state index in [1.54, 1.807) is 0 Å². The molecule has 0 unspecified atom stereocenters. The first-order valence-corrected chi connectivity index (χ1v) is 9.84. The first-order chi connectivity index (χ1) is 12.1. The molecule has 4 saturated carbocycles. The molecule has 0 radical (unpaired) electrons. The zero-order chi connectivity index (χ0) is 18.9. The molecule has 5 N–H and O–H groups in total. The lowest BCUT2D eigenvalue weighted by molar-refractivity contribution is -0.471. The highest BCUT2D eigenvalue weighted by Crippen LogP contribution is 2.77. The Balaban J connectivity index is 1.77. The number of fused-ring (bicyclic) bond motifs is 2. The maximum atomic E-state index is 11.7. The third-order valence-electron chi connectivity index (χ3n) is 9.25. The van der Waals surface area contributed by atoms with Crippen LogP contribution < -0.4 is 0 Å². The van der Waals surface area contributed by atoms with Crippen molar-refractivity contribution in [2.24, 2.45) is 34.0 Å². The SMILES string of the molecule is C=C1[C@@H](O)[C@]23[C@H](O)[C@H]1CC[C@H]2[C@]12CC[C@@H](O)C(C)(C)[C@H]1[C@H](O)[C@@]3(O)OC2. The molecule has 6 fully saturated rings. The monoisotopic (exact) mass is 366 g/mol. The fourth-order valence-corrected chi connectivity index (χ4v) is 8.15. The summed E-state index contributed by atoms with van der Waals surface area (Å²) in [5.41, 5.74) is -1.89. The predicted octanol–water partition coefficient (Wildman–Crippen LogP) is 0.167. The molecule has 0 aromatic rings. The highest BCUT2D eigenvalue weighted by molar-refractivity contribution is 5.37. The molecule has 2 aliphatic heterocycles. The van der Waals surface area contributed by atoms with Gasteiger partial charge in [0.05, 0.1) is 30.3 Å². The van der Waals surface area contributed by atoms with Crippen LogP contribution in [0.4, 0.5) is 0 Å². The first kappa shape index (κ1) is 17.6. The van der Waals surface area contributed by atoms with Gasteiger partial charge in [0.2, 0.25) is 5.79 Å². The Morgan fingerprint density at radius 1 is 1.04 bits per heavy atom. The molecule has 6 aliphatic rings. The number of hydrogen-bond donors (Lipinski definition) is 5. The van der Waals surface area contributed by atoms with Gasteiger partial charge in [-0.15, -0.1) is 0 Å². The van der Waals surface area contributed by atoms with Crippen LogP contribution in [0.3, 0.4) is 0 Å². The summed E-state index contributed by atoms with van der Waals surface area (Å²) in [7, 11) is 0. The Morgan fingerprint density at radius 3 is 2.42 bits per heavy atom. The molecule has 6 rings (SSSR count). The fraction of sp³-hybridized carbons (Fsp3) is 0.900. The third-order valence-corrected chi connectivity index (χ3v) is 9.25. The van der Waals surface area contributed by atoms with Crippen LogP contribution in [0.25, 0.3) is 0 Å². The van der Waals surface area contributed by atoms with E-state index < -0.39 is 46.4 Å². The maximum absolute atomic E-state index is 11.7. The molecule has 0 aromatic carbocycles. The number of aliphatic hydroxyl groups excluding tert-OH is 4. The van der Waals surface area contributed by atoms with Crippen molar-refractivity contribution in [1.29, 1.82) is 0 Å². The second-order valence-corrected chi connectivity index (χ2v) is 10.1. The molecule has 2 saturated heterocycles. The van der Waals surface area contributed by atoms with Crippen LogP contribution in [-0.2, 0) is 4.74 Å². The van der Waals surface area contributed by atoms with E-state index in [1.165, 1.54) is 0 Å². The van der Waals surface area contributed by atoms with Crippen molar-refractivity contribution in [3.8, 4) is 0 Å². The third kappa shape index (κ3) is 1.45. The molecular weight excluding hydrogens is 336 g/mol. The van der Waals surface area contributed by atoms with Crippen molar-refractivity contribution in [1.82, 2.24) is 0 Å². The highest BCUT2D eigenvalue weighted by atomic mass is 16.6. The topological polar surface area (TPSA) is 110 Å². The number of aliphatic hydroxyl groups is 5. The van der Waals surface area contributed by atoms with E-state index in [9.17, 15) is 25.5 Å². The summed E-state index contributed by atoms with van der Waals surface area (Å²) < 4.78 is 5.91. The molecule has 6 heteroatoms. The van der Waals surface area contributed by atoms with E-state index in [1.807, 2.05) is 13.8 Å². The minimum Gasteiger partial charge on any atom is -0.393 e. The molecule has 26 heavy (non-hydrogen) atoms. The van der Waals surface area contributed by atoms with Crippen LogP contribution in [0.1, 0.15) is 39.5 Å². The molecular formula is C20H30O6. The van der Waals surface area contributed by atoms with E-state index in [0.29, 0.717) is 24.8 Å². The maximum Gasteiger partial charge on any atom is 0.203 e. The van der Waals surface area contributed by atoms with Crippen LogP contribution in [0.5, 0.6) is 0 Å². The molecule has 4 bridgehead atoms. The lowest BCUT2D eigenvalue weighted by Gasteiger charge is -2.75. The van der Waals surface area contributed by atoms with Crippen molar-refractivity contribution in [3.63, 3.8) is 0 Å². The summed E-state index contributed by atoms with van der Waals surface area (Å²) in [6, 6.07) is 0. The summed E-state index contributed by atoms with van der Waals surface area (Å²) in [5.74, 6) is -2.88. The molecule has 2 heterocycles. The van der Waals surface area contributed by atoms with E-state index >= 15 is 0 Å². The van der Waals surface area contributed by atoms with Gasteiger partial charge >= 0.3 is 0 Å². The molecule has 0 aromatic heterocycles. The highest BCUT2D eigenvalue weighted by Gasteiger charge is 2.85. The Morgan fingerprint density at radius 2 is 1.73 bits per heavy atom. The lowest BCUT2D eigenvalue weighted by atomic mass is 9.36. The quantitative estimate of drug-likeness (QED) is 0.391. The summed E-state index contributed by atoms with van der Waals surface area (Å²) >= 11 is 0. The zero-order valence-corrected chi connectivity index (χ0v) is 15.4. The van der Waals surface area contributed by atoms with E-state index in [-0.39, 0.29) is 24.4 Å². The van der Waals surface area contributed by atoms with E-state index in [2.05, 4.69) is 6.58 Å². The van der Waals surface area contributed by atoms with Gasteiger partial charge in [-0.2, -0.15) is 0 Å². The summed E-state index contributed by atoms with van der Waals surface area (Å²) in [6.07, 6.45) is -1.26. The summed E-state index contributed by atoms with van der Waals surface area (Å²) in [5, 5.41) is 56.0. The molecule has 6 nitrogen and oxygen atoms in total. The minimum absolute atomic E-state index is 0.186. The van der Waals surface area contributed by atoms with Gasteiger partial charge in [0, 0.05) is 17.3 Å². The van der Waals surface area contributed by atoms with Crippen LogP contribution in [0, 0.1) is 34.0 Å². The van der Waals surface area contributed by atoms with Gasteiger partial charge in [0.25, 0.3) is 0 Å². The van der Waals surface area contributed by atoms with Crippen molar-refractivity contribution in [2.45, 2.75) is 69.7 Å². The second kappa shape index (κ2) is 4.73. The second-order valence-electron chi connectivity index (χ2n) is 10.1. The zero-order valence-electron chi connectivity index (χ0n) is 15.4. The Kier molecular flexibility index (Phi) is 3.20. The fourth-order valence-electron chi connectivity index (χ4n) is 8.15. The number of rotatable bonds is 0. The van der Waals surface area contributed by atoms with Gasteiger partial charge in [-0.25, -0.2) is 0 Å². The van der Waals surface area contributed by atoms with Gasteiger partial charge in [-0.3, -0.25) is 0 Å². The number of ether oxygens (including phenoxy) is 1. The van der Waals surface area contributed by atoms with Gasteiger partial charge in [0.15, 0.2) is 0 Å². The number of hydrogen-bond acceptors (Lipinski definition) is 6. The van der Waals surface area contributed by atoms with Crippen LogP contribution in [-0.4, -0.2) is 62.3 Å². The van der Waals surface area contributed by atoms with Crippen molar-refractivity contribution in [3.05, 3.63) is 12.2 Å².